The van der Waals surface area contributed by atoms with Crippen LogP contribution in [0.3, 0.4) is 0 Å². The van der Waals surface area contributed by atoms with Gasteiger partial charge in [0.2, 0.25) is 5.91 Å². The first-order valence-corrected chi connectivity index (χ1v) is 10.0. The molecule has 6 nitrogen and oxygen atoms in total. The van der Waals surface area contributed by atoms with Crippen LogP contribution in [-0.4, -0.2) is 56.7 Å². The van der Waals surface area contributed by atoms with Gasteiger partial charge in [-0.1, -0.05) is 12.1 Å². The maximum atomic E-state index is 12.6. The summed E-state index contributed by atoms with van der Waals surface area (Å²) in [5.74, 6) is 0.229. The number of pyridine rings is 1. The smallest absolute Gasteiger partial charge is 0.224 e. The van der Waals surface area contributed by atoms with Gasteiger partial charge in [-0.05, 0) is 43.2 Å². The summed E-state index contributed by atoms with van der Waals surface area (Å²) < 4.78 is 1.85. The monoisotopic (exact) mass is 377 g/mol. The van der Waals surface area contributed by atoms with Gasteiger partial charge in [0.05, 0.1) is 11.2 Å². The number of amides is 1. The van der Waals surface area contributed by atoms with Crippen LogP contribution in [0.15, 0.2) is 48.8 Å². The summed E-state index contributed by atoms with van der Waals surface area (Å²) in [6, 6.07) is 12.5. The second kappa shape index (κ2) is 8.52. The van der Waals surface area contributed by atoms with E-state index in [0.29, 0.717) is 13.0 Å². The van der Waals surface area contributed by atoms with Gasteiger partial charge in [-0.25, -0.2) is 0 Å². The number of rotatable bonds is 5. The fraction of sp³-hybridized carbons (Fsp3) is 0.409. The predicted molar refractivity (Wildman–Crippen MR) is 110 cm³/mol. The molecule has 1 aromatic carbocycles. The number of hydrogen-bond acceptors (Lipinski definition) is 4. The summed E-state index contributed by atoms with van der Waals surface area (Å²) in [6.07, 6.45) is 5.29. The van der Waals surface area contributed by atoms with Crippen molar-refractivity contribution in [2.45, 2.75) is 32.9 Å². The highest BCUT2D eigenvalue weighted by atomic mass is 16.2. The average Bonchev–Trinajstić information content (AvgIpc) is 2.99. The number of carbonyl (C=O) groups is 1. The molecule has 1 aliphatic rings. The highest BCUT2D eigenvalue weighted by molar-refractivity contribution is 5.79. The van der Waals surface area contributed by atoms with Gasteiger partial charge in [0.1, 0.15) is 0 Å². The zero-order valence-corrected chi connectivity index (χ0v) is 16.4. The van der Waals surface area contributed by atoms with E-state index in [1.807, 2.05) is 41.0 Å². The van der Waals surface area contributed by atoms with Gasteiger partial charge < -0.3 is 4.90 Å². The van der Waals surface area contributed by atoms with Gasteiger partial charge in [0.25, 0.3) is 0 Å². The Morgan fingerprint density at radius 1 is 1.11 bits per heavy atom. The SMILES string of the molecule is Cc1ccn(CCC(=O)N2CCCN(Cc3ccc4ncccc4c3)CC2)n1. The summed E-state index contributed by atoms with van der Waals surface area (Å²) in [7, 11) is 0. The minimum absolute atomic E-state index is 0.229. The Morgan fingerprint density at radius 3 is 2.89 bits per heavy atom. The average molecular weight is 377 g/mol. The molecule has 3 heterocycles. The molecule has 3 aromatic rings. The summed E-state index contributed by atoms with van der Waals surface area (Å²) in [5.41, 5.74) is 3.32. The second-order valence-corrected chi connectivity index (χ2v) is 7.51. The van der Waals surface area contributed by atoms with E-state index in [2.05, 4.69) is 39.2 Å². The number of hydrogen-bond donors (Lipinski definition) is 0. The van der Waals surface area contributed by atoms with E-state index in [1.165, 1.54) is 10.9 Å². The van der Waals surface area contributed by atoms with E-state index < -0.39 is 0 Å². The molecule has 6 heteroatoms. The van der Waals surface area contributed by atoms with E-state index in [1.54, 1.807) is 0 Å². The molecule has 0 radical (unpaired) electrons. The topological polar surface area (TPSA) is 54.3 Å². The molecule has 146 valence electrons. The molecular formula is C22H27N5O. The van der Waals surface area contributed by atoms with E-state index >= 15 is 0 Å². The number of nitrogens with zero attached hydrogens (tertiary/aromatic N) is 5. The van der Waals surface area contributed by atoms with Crippen LogP contribution < -0.4 is 0 Å². The van der Waals surface area contributed by atoms with Crippen LogP contribution in [0.2, 0.25) is 0 Å². The normalized spacial score (nSPS) is 15.7. The molecule has 0 unspecified atom stereocenters. The maximum Gasteiger partial charge on any atom is 0.224 e. The van der Waals surface area contributed by atoms with Gasteiger partial charge in [-0.15, -0.1) is 0 Å². The van der Waals surface area contributed by atoms with Gasteiger partial charge in [-0.2, -0.15) is 5.10 Å². The molecule has 0 saturated carbocycles. The first kappa shape index (κ1) is 18.6. The maximum absolute atomic E-state index is 12.6. The van der Waals surface area contributed by atoms with Crippen molar-refractivity contribution >= 4 is 16.8 Å². The van der Waals surface area contributed by atoms with Gasteiger partial charge in [0.15, 0.2) is 0 Å². The summed E-state index contributed by atoms with van der Waals surface area (Å²) in [5, 5.41) is 5.54. The number of carbonyl (C=O) groups excluding carboxylic acids is 1. The zero-order chi connectivity index (χ0) is 19.3. The molecule has 0 spiro atoms. The van der Waals surface area contributed by atoms with Crippen molar-refractivity contribution in [2.24, 2.45) is 0 Å². The van der Waals surface area contributed by atoms with Crippen LogP contribution in [0.5, 0.6) is 0 Å². The molecular weight excluding hydrogens is 350 g/mol. The molecule has 4 rings (SSSR count). The molecule has 1 aliphatic heterocycles. The lowest BCUT2D eigenvalue weighted by atomic mass is 10.1. The van der Waals surface area contributed by atoms with Crippen LogP contribution in [0.4, 0.5) is 0 Å². The lowest BCUT2D eigenvalue weighted by molar-refractivity contribution is -0.131. The Labute approximate surface area is 165 Å². The number of aryl methyl sites for hydroxylation is 2. The first-order chi connectivity index (χ1) is 13.7. The third-order valence-corrected chi connectivity index (χ3v) is 5.34. The molecule has 1 amide bonds. The van der Waals surface area contributed by atoms with Crippen molar-refractivity contribution < 1.29 is 4.79 Å². The van der Waals surface area contributed by atoms with Gasteiger partial charge >= 0.3 is 0 Å². The molecule has 1 saturated heterocycles. The standard InChI is InChI=1S/C22H27N5O/c1-18-7-12-27(24-18)13-8-22(28)26-11-3-10-25(14-15-26)17-19-5-6-21-20(16-19)4-2-9-23-21/h2,4-7,9,12,16H,3,8,10-11,13-15,17H2,1H3. The van der Waals surface area contributed by atoms with Crippen molar-refractivity contribution in [1.29, 1.82) is 0 Å². The third kappa shape index (κ3) is 4.57. The molecule has 0 bridgehead atoms. The number of benzene rings is 1. The van der Waals surface area contributed by atoms with Crippen molar-refractivity contribution in [3.63, 3.8) is 0 Å². The fourth-order valence-electron chi connectivity index (χ4n) is 3.82. The van der Waals surface area contributed by atoms with Crippen molar-refractivity contribution in [3.8, 4) is 0 Å². The van der Waals surface area contributed by atoms with Crippen LogP contribution >= 0.6 is 0 Å². The van der Waals surface area contributed by atoms with E-state index in [9.17, 15) is 4.79 Å². The quantitative estimate of drug-likeness (QED) is 0.686. The Bertz CT molecular complexity index is 951. The van der Waals surface area contributed by atoms with Gasteiger partial charge in [-0.3, -0.25) is 19.4 Å². The lowest BCUT2D eigenvalue weighted by Crippen LogP contribution is -2.35. The summed E-state index contributed by atoms with van der Waals surface area (Å²) in [4.78, 5) is 21.5. The highest BCUT2D eigenvalue weighted by Gasteiger charge is 2.19. The third-order valence-electron chi connectivity index (χ3n) is 5.34. The molecule has 0 N–H and O–H groups in total. The lowest BCUT2D eigenvalue weighted by Gasteiger charge is -2.22. The molecule has 0 atom stereocenters. The summed E-state index contributed by atoms with van der Waals surface area (Å²) in [6.45, 7) is 7.11. The minimum Gasteiger partial charge on any atom is -0.341 e. The second-order valence-electron chi connectivity index (χ2n) is 7.51. The minimum atomic E-state index is 0.229. The Kier molecular flexibility index (Phi) is 5.67. The Balaban J connectivity index is 1.30. The van der Waals surface area contributed by atoms with E-state index in [0.717, 1.165) is 50.4 Å². The van der Waals surface area contributed by atoms with Crippen molar-refractivity contribution in [1.82, 2.24) is 24.6 Å². The molecule has 1 fully saturated rings. The number of fused-ring (bicyclic) bond motifs is 1. The predicted octanol–water partition coefficient (Wildman–Crippen LogP) is 2.86. The Morgan fingerprint density at radius 2 is 2.04 bits per heavy atom. The first-order valence-electron chi connectivity index (χ1n) is 10.0. The van der Waals surface area contributed by atoms with Crippen LogP contribution in [-0.2, 0) is 17.9 Å². The Hall–Kier alpha value is -2.73. The molecule has 28 heavy (non-hydrogen) atoms. The van der Waals surface area contributed by atoms with Gasteiger partial charge in [0, 0.05) is 63.5 Å². The van der Waals surface area contributed by atoms with Crippen molar-refractivity contribution in [2.75, 3.05) is 26.2 Å². The zero-order valence-electron chi connectivity index (χ0n) is 16.4. The molecule has 0 aliphatic carbocycles. The number of aromatic nitrogens is 3. The van der Waals surface area contributed by atoms with Crippen LogP contribution in [0.1, 0.15) is 24.1 Å². The molecule has 2 aromatic heterocycles. The summed E-state index contributed by atoms with van der Waals surface area (Å²) >= 11 is 0. The largest absolute Gasteiger partial charge is 0.341 e. The van der Waals surface area contributed by atoms with E-state index in [4.69, 9.17) is 0 Å². The van der Waals surface area contributed by atoms with Crippen LogP contribution in [0, 0.1) is 6.92 Å². The highest BCUT2D eigenvalue weighted by Crippen LogP contribution is 2.16. The van der Waals surface area contributed by atoms with Crippen molar-refractivity contribution in [3.05, 3.63) is 60.0 Å². The van der Waals surface area contributed by atoms with Crippen LogP contribution in [0.25, 0.3) is 10.9 Å². The van der Waals surface area contributed by atoms with E-state index in [-0.39, 0.29) is 5.91 Å². The fourth-order valence-corrected chi connectivity index (χ4v) is 3.82.